The van der Waals surface area contributed by atoms with Crippen LogP contribution in [0.3, 0.4) is 0 Å². The van der Waals surface area contributed by atoms with Gasteiger partial charge in [-0.05, 0) is 0 Å². The van der Waals surface area contributed by atoms with E-state index in [0.29, 0.717) is 0 Å². The van der Waals surface area contributed by atoms with Crippen LogP contribution < -0.4 is 0 Å². The molecular weight excluding hydrogens is 142 g/mol. The second kappa shape index (κ2) is 9.35. The quantitative estimate of drug-likeness (QED) is 0.393. The van der Waals surface area contributed by atoms with Crippen molar-refractivity contribution in [2.24, 2.45) is 0 Å². The summed E-state index contributed by atoms with van der Waals surface area (Å²) in [7, 11) is 0. The van der Waals surface area contributed by atoms with Gasteiger partial charge in [0, 0.05) is 0 Å². The molecule has 0 unspecified atom stereocenters. The van der Waals surface area contributed by atoms with E-state index in [1.54, 1.807) is 6.69 Å². The SMILES string of the molecule is CCCCCCCC[B]Cl. The summed E-state index contributed by atoms with van der Waals surface area (Å²) in [5.74, 6) is 0. The van der Waals surface area contributed by atoms with Crippen molar-refractivity contribution in [3.63, 3.8) is 0 Å². The molecule has 59 valence electrons. The number of unbranched alkanes of at least 4 members (excludes halogenated alkanes) is 5. The number of hydrogen-bond acceptors (Lipinski definition) is 0. The minimum atomic E-state index is 1.08. The second-order valence-electron chi connectivity index (χ2n) is 2.71. The third kappa shape index (κ3) is 8.35. The van der Waals surface area contributed by atoms with Gasteiger partial charge in [0.15, 0.2) is 0 Å². The Labute approximate surface area is 70.5 Å². The highest BCUT2D eigenvalue weighted by Crippen LogP contribution is 2.06. The zero-order valence-corrected chi connectivity index (χ0v) is 7.66. The molecule has 0 aliphatic heterocycles. The van der Waals surface area contributed by atoms with Crippen LogP contribution in [0.5, 0.6) is 0 Å². The molecule has 0 N–H and O–H groups in total. The molecule has 0 nitrogen and oxygen atoms in total. The molecule has 0 aromatic carbocycles. The molecule has 0 rings (SSSR count). The van der Waals surface area contributed by atoms with Gasteiger partial charge in [-0.1, -0.05) is 51.8 Å². The van der Waals surface area contributed by atoms with Crippen LogP contribution in [-0.4, -0.2) is 6.69 Å². The monoisotopic (exact) mass is 159 g/mol. The van der Waals surface area contributed by atoms with Gasteiger partial charge in [0.1, 0.15) is 0 Å². The summed E-state index contributed by atoms with van der Waals surface area (Å²) in [4.78, 5) is 0. The van der Waals surface area contributed by atoms with Crippen LogP contribution in [-0.2, 0) is 0 Å². The van der Waals surface area contributed by atoms with Crippen molar-refractivity contribution in [2.75, 3.05) is 0 Å². The van der Waals surface area contributed by atoms with E-state index < -0.39 is 0 Å². The van der Waals surface area contributed by atoms with Gasteiger partial charge in [0.25, 0.3) is 0 Å². The van der Waals surface area contributed by atoms with Crippen LogP contribution in [0, 0.1) is 0 Å². The fourth-order valence-electron chi connectivity index (χ4n) is 1.00. The van der Waals surface area contributed by atoms with E-state index in [1.807, 2.05) is 0 Å². The molecular formula is C8H17BCl. The maximum Gasteiger partial charge on any atom is 0.238 e. The zero-order chi connectivity index (χ0) is 7.66. The number of hydrogen-bond donors (Lipinski definition) is 0. The van der Waals surface area contributed by atoms with E-state index in [-0.39, 0.29) is 0 Å². The molecule has 0 heterocycles. The Bertz CT molecular complexity index is 49.2. The van der Waals surface area contributed by atoms with Crippen LogP contribution in [0.4, 0.5) is 0 Å². The second-order valence-corrected chi connectivity index (χ2v) is 3.02. The standard InChI is InChI=1S/C8H17BCl/c1-2-3-4-5-6-7-8-9-10/h2-8H2,1H3. The number of halogens is 1. The molecule has 0 aliphatic carbocycles. The molecule has 0 aromatic heterocycles. The van der Waals surface area contributed by atoms with E-state index in [9.17, 15) is 0 Å². The summed E-state index contributed by atoms with van der Waals surface area (Å²) >= 11 is 5.42. The number of rotatable bonds is 7. The van der Waals surface area contributed by atoms with Gasteiger partial charge in [-0.3, -0.25) is 0 Å². The highest BCUT2D eigenvalue weighted by Gasteiger charge is 1.89. The average molecular weight is 159 g/mol. The van der Waals surface area contributed by atoms with Gasteiger partial charge in [-0.25, -0.2) is 11.5 Å². The maximum absolute atomic E-state index is 5.42. The summed E-state index contributed by atoms with van der Waals surface area (Å²) in [6.45, 7) is 3.98. The minimum absolute atomic E-state index is 1.08. The summed E-state index contributed by atoms with van der Waals surface area (Å²) < 4.78 is 0. The summed E-state index contributed by atoms with van der Waals surface area (Å²) in [6.07, 6.45) is 9.22. The maximum atomic E-state index is 5.42. The lowest BCUT2D eigenvalue weighted by Gasteiger charge is -1.96. The lowest BCUT2D eigenvalue weighted by Crippen LogP contribution is -1.80. The van der Waals surface area contributed by atoms with E-state index in [4.69, 9.17) is 11.5 Å². The van der Waals surface area contributed by atoms with Gasteiger partial charge >= 0.3 is 0 Å². The molecule has 0 saturated heterocycles. The third-order valence-corrected chi connectivity index (χ3v) is 1.89. The molecule has 0 fully saturated rings. The van der Waals surface area contributed by atoms with Crippen molar-refractivity contribution in [3.05, 3.63) is 0 Å². The highest BCUT2D eigenvalue weighted by atomic mass is 35.5. The zero-order valence-electron chi connectivity index (χ0n) is 6.91. The Kier molecular flexibility index (Phi) is 9.69. The van der Waals surface area contributed by atoms with Crippen LogP contribution in [0.25, 0.3) is 0 Å². The molecule has 2 heteroatoms. The fraction of sp³-hybridized carbons (Fsp3) is 1.00. The predicted octanol–water partition coefficient (Wildman–Crippen LogP) is 3.62. The van der Waals surface area contributed by atoms with Crippen molar-refractivity contribution < 1.29 is 0 Å². The molecule has 10 heavy (non-hydrogen) atoms. The van der Waals surface area contributed by atoms with Gasteiger partial charge in [0.05, 0.1) is 0 Å². The summed E-state index contributed by atoms with van der Waals surface area (Å²) in [5, 5.41) is 0. The molecule has 0 amide bonds. The molecule has 0 bridgehead atoms. The Balaban J connectivity index is 2.65. The molecule has 0 atom stereocenters. The predicted molar refractivity (Wildman–Crippen MR) is 49.8 cm³/mol. The molecule has 0 saturated carbocycles. The van der Waals surface area contributed by atoms with Gasteiger partial charge in [0.2, 0.25) is 6.69 Å². The first kappa shape index (κ1) is 10.4. The van der Waals surface area contributed by atoms with E-state index in [2.05, 4.69) is 6.92 Å². The van der Waals surface area contributed by atoms with Gasteiger partial charge in [-0.15, -0.1) is 0 Å². The molecule has 1 radical (unpaired) electrons. The van der Waals surface area contributed by atoms with Crippen LogP contribution in [0.2, 0.25) is 6.32 Å². The highest BCUT2D eigenvalue weighted by molar-refractivity contribution is 6.93. The smallest absolute Gasteiger partial charge is 0.204 e. The van der Waals surface area contributed by atoms with Gasteiger partial charge < -0.3 is 0 Å². The summed E-state index contributed by atoms with van der Waals surface area (Å²) in [6, 6.07) is 0. The van der Waals surface area contributed by atoms with E-state index in [0.717, 1.165) is 6.32 Å². The Morgan fingerprint density at radius 1 is 1.00 bits per heavy atom. The minimum Gasteiger partial charge on any atom is -0.204 e. The molecule has 0 aromatic rings. The van der Waals surface area contributed by atoms with E-state index in [1.165, 1.54) is 38.5 Å². The first-order valence-electron chi connectivity index (χ1n) is 4.33. The lowest BCUT2D eigenvalue weighted by atomic mass is 9.97. The lowest BCUT2D eigenvalue weighted by molar-refractivity contribution is 0.624. The Morgan fingerprint density at radius 3 is 2.20 bits per heavy atom. The van der Waals surface area contributed by atoms with E-state index >= 15 is 0 Å². The first-order chi connectivity index (χ1) is 4.91. The normalized spacial score (nSPS) is 9.80. The third-order valence-electron chi connectivity index (χ3n) is 1.67. The summed E-state index contributed by atoms with van der Waals surface area (Å²) in [5.41, 5.74) is 0. The average Bonchev–Trinajstić information content (AvgIpc) is 1.97. The fourth-order valence-corrected chi connectivity index (χ4v) is 1.16. The van der Waals surface area contributed by atoms with Crippen LogP contribution in [0.1, 0.15) is 45.4 Å². The first-order valence-corrected chi connectivity index (χ1v) is 4.77. The largest absolute Gasteiger partial charge is 0.238 e. The molecule has 0 aliphatic rings. The molecule has 0 spiro atoms. The van der Waals surface area contributed by atoms with Crippen molar-refractivity contribution in [2.45, 2.75) is 51.8 Å². The van der Waals surface area contributed by atoms with Crippen molar-refractivity contribution in [1.29, 1.82) is 0 Å². The van der Waals surface area contributed by atoms with Crippen molar-refractivity contribution in [1.82, 2.24) is 0 Å². The van der Waals surface area contributed by atoms with Crippen molar-refractivity contribution >= 4 is 18.2 Å². The van der Waals surface area contributed by atoms with Crippen LogP contribution in [0.15, 0.2) is 0 Å². The van der Waals surface area contributed by atoms with Gasteiger partial charge in [-0.2, -0.15) is 0 Å². The van der Waals surface area contributed by atoms with Crippen LogP contribution >= 0.6 is 11.5 Å². The Hall–Kier alpha value is 0.355. The van der Waals surface area contributed by atoms with Crippen molar-refractivity contribution in [3.8, 4) is 0 Å². The topological polar surface area (TPSA) is 0 Å². The Morgan fingerprint density at radius 2 is 1.60 bits per heavy atom.